The van der Waals surface area contributed by atoms with E-state index in [0.717, 1.165) is 21.6 Å². The Labute approximate surface area is 182 Å². The van der Waals surface area contributed by atoms with Crippen molar-refractivity contribution in [3.63, 3.8) is 0 Å². The molecule has 30 heavy (non-hydrogen) atoms. The summed E-state index contributed by atoms with van der Waals surface area (Å²) in [4.78, 5) is 37.4. The number of aryl methyl sites for hydroxylation is 1. The number of hydrogen-bond acceptors (Lipinski definition) is 6. The van der Waals surface area contributed by atoms with Gasteiger partial charge in [0.2, 0.25) is 0 Å². The average Bonchev–Trinajstić information content (AvgIpc) is 3.21. The van der Waals surface area contributed by atoms with Crippen molar-refractivity contribution in [2.75, 3.05) is 0 Å². The number of rotatable bonds is 5. The SMILES string of the molecule is Cc1nn(-c2cccc(Cl)c2)c2sc(C(=O)OC(C)C(=O)NC(=O)NC(C)C)cc12. The van der Waals surface area contributed by atoms with E-state index in [4.69, 9.17) is 16.3 Å². The number of aromatic nitrogens is 2. The van der Waals surface area contributed by atoms with Crippen molar-refractivity contribution in [3.05, 3.63) is 45.9 Å². The molecule has 0 aliphatic carbocycles. The Morgan fingerprint density at radius 2 is 1.93 bits per heavy atom. The zero-order chi connectivity index (χ0) is 22.0. The lowest BCUT2D eigenvalue weighted by molar-refractivity contribution is -0.127. The summed E-state index contributed by atoms with van der Waals surface area (Å²) in [6.45, 7) is 6.78. The van der Waals surface area contributed by atoms with E-state index >= 15 is 0 Å². The van der Waals surface area contributed by atoms with Gasteiger partial charge >= 0.3 is 12.0 Å². The molecule has 8 nitrogen and oxygen atoms in total. The van der Waals surface area contributed by atoms with Gasteiger partial charge in [0.1, 0.15) is 9.71 Å². The molecular formula is C20H21ClN4O4S. The molecule has 3 amide bonds. The van der Waals surface area contributed by atoms with E-state index in [1.165, 1.54) is 18.3 Å². The largest absolute Gasteiger partial charge is 0.448 e. The van der Waals surface area contributed by atoms with E-state index < -0.39 is 24.0 Å². The number of benzene rings is 1. The number of carbonyl (C=O) groups excluding carboxylic acids is 3. The van der Waals surface area contributed by atoms with Crippen LogP contribution in [0.3, 0.4) is 0 Å². The molecule has 2 N–H and O–H groups in total. The molecule has 0 spiro atoms. The van der Waals surface area contributed by atoms with Crippen LogP contribution >= 0.6 is 22.9 Å². The van der Waals surface area contributed by atoms with Crippen LogP contribution in [0.5, 0.6) is 0 Å². The number of urea groups is 1. The highest BCUT2D eigenvalue weighted by molar-refractivity contribution is 7.20. The first-order valence-corrected chi connectivity index (χ1v) is 10.4. The summed E-state index contributed by atoms with van der Waals surface area (Å²) in [6, 6.07) is 8.14. The van der Waals surface area contributed by atoms with Gasteiger partial charge in [-0.1, -0.05) is 17.7 Å². The molecular weight excluding hydrogens is 428 g/mol. The van der Waals surface area contributed by atoms with Crippen molar-refractivity contribution in [1.82, 2.24) is 20.4 Å². The normalized spacial score (nSPS) is 12.1. The fraction of sp³-hybridized carbons (Fsp3) is 0.300. The summed E-state index contributed by atoms with van der Waals surface area (Å²) >= 11 is 7.28. The third-order valence-corrected chi connectivity index (χ3v) is 5.43. The molecule has 1 unspecified atom stereocenters. The van der Waals surface area contributed by atoms with Gasteiger partial charge in [-0.25, -0.2) is 14.3 Å². The second kappa shape index (κ2) is 8.85. The van der Waals surface area contributed by atoms with E-state index in [2.05, 4.69) is 15.7 Å². The van der Waals surface area contributed by atoms with Crippen molar-refractivity contribution in [2.45, 2.75) is 39.8 Å². The number of ether oxygens (including phenoxy) is 1. The summed E-state index contributed by atoms with van der Waals surface area (Å²) in [6.07, 6.45) is -1.13. The third kappa shape index (κ3) is 4.80. The Hall–Kier alpha value is -2.91. The predicted molar refractivity (Wildman–Crippen MR) is 115 cm³/mol. The molecule has 0 aliphatic rings. The summed E-state index contributed by atoms with van der Waals surface area (Å²) in [5.74, 6) is -1.36. The zero-order valence-corrected chi connectivity index (χ0v) is 18.4. The van der Waals surface area contributed by atoms with Gasteiger partial charge in [-0.3, -0.25) is 10.1 Å². The van der Waals surface area contributed by atoms with Crippen molar-refractivity contribution >= 4 is 51.1 Å². The van der Waals surface area contributed by atoms with Crippen molar-refractivity contribution in [1.29, 1.82) is 0 Å². The lowest BCUT2D eigenvalue weighted by Crippen LogP contribution is -2.46. The van der Waals surface area contributed by atoms with Crippen LogP contribution in [0.2, 0.25) is 5.02 Å². The molecule has 2 aromatic heterocycles. The zero-order valence-electron chi connectivity index (χ0n) is 16.9. The molecule has 1 atom stereocenters. The van der Waals surface area contributed by atoms with Gasteiger partial charge in [0.25, 0.3) is 5.91 Å². The first kappa shape index (κ1) is 21.8. The first-order valence-electron chi connectivity index (χ1n) is 9.23. The topological polar surface area (TPSA) is 102 Å². The maximum Gasteiger partial charge on any atom is 0.349 e. The molecule has 1 aromatic carbocycles. The first-order chi connectivity index (χ1) is 14.2. The van der Waals surface area contributed by atoms with Gasteiger partial charge in [0.05, 0.1) is 11.4 Å². The maximum absolute atomic E-state index is 12.6. The van der Waals surface area contributed by atoms with Crippen LogP contribution in [-0.4, -0.2) is 39.8 Å². The minimum atomic E-state index is -1.13. The van der Waals surface area contributed by atoms with E-state index in [1.54, 1.807) is 36.7 Å². The Morgan fingerprint density at radius 1 is 1.20 bits per heavy atom. The molecule has 0 fully saturated rings. The molecule has 158 valence electrons. The molecule has 3 rings (SSSR count). The number of nitrogens with zero attached hydrogens (tertiary/aromatic N) is 2. The maximum atomic E-state index is 12.6. The number of esters is 1. The molecule has 2 heterocycles. The number of hydrogen-bond donors (Lipinski definition) is 2. The summed E-state index contributed by atoms with van der Waals surface area (Å²) in [5.41, 5.74) is 1.52. The van der Waals surface area contributed by atoms with E-state index in [0.29, 0.717) is 9.90 Å². The number of imide groups is 1. The minimum Gasteiger partial charge on any atom is -0.448 e. The number of nitrogens with one attached hydrogen (secondary N) is 2. The molecule has 10 heteroatoms. The predicted octanol–water partition coefficient (Wildman–Crippen LogP) is 3.83. The Morgan fingerprint density at radius 3 is 2.60 bits per heavy atom. The number of thiophene rings is 1. The minimum absolute atomic E-state index is 0.128. The van der Waals surface area contributed by atoms with Gasteiger partial charge in [0, 0.05) is 16.5 Å². The molecule has 0 bridgehead atoms. The molecule has 0 saturated carbocycles. The monoisotopic (exact) mass is 448 g/mol. The Balaban J connectivity index is 1.77. The lowest BCUT2D eigenvalue weighted by atomic mass is 10.3. The Kier molecular flexibility index (Phi) is 6.42. The summed E-state index contributed by atoms with van der Waals surface area (Å²) < 4.78 is 6.95. The third-order valence-electron chi connectivity index (χ3n) is 4.11. The highest BCUT2D eigenvalue weighted by Crippen LogP contribution is 2.31. The van der Waals surface area contributed by atoms with Gasteiger partial charge in [-0.2, -0.15) is 5.10 Å². The van der Waals surface area contributed by atoms with E-state index in [-0.39, 0.29) is 6.04 Å². The van der Waals surface area contributed by atoms with Gasteiger partial charge in [-0.15, -0.1) is 11.3 Å². The van der Waals surface area contributed by atoms with Gasteiger partial charge in [0.15, 0.2) is 6.10 Å². The lowest BCUT2D eigenvalue weighted by Gasteiger charge is -2.13. The van der Waals surface area contributed by atoms with Crippen LogP contribution in [0, 0.1) is 6.92 Å². The number of amides is 3. The summed E-state index contributed by atoms with van der Waals surface area (Å²) in [7, 11) is 0. The smallest absolute Gasteiger partial charge is 0.349 e. The van der Waals surface area contributed by atoms with Crippen LogP contribution in [0.1, 0.15) is 36.1 Å². The molecule has 0 aliphatic heterocycles. The van der Waals surface area contributed by atoms with Crippen LogP contribution in [0.4, 0.5) is 4.79 Å². The number of carbonyl (C=O) groups is 3. The van der Waals surface area contributed by atoms with Gasteiger partial charge in [-0.05, 0) is 52.0 Å². The Bertz CT molecular complexity index is 1120. The summed E-state index contributed by atoms with van der Waals surface area (Å²) in [5, 5.41) is 10.6. The van der Waals surface area contributed by atoms with Crippen molar-refractivity contribution in [3.8, 4) is 5.69 Å². The number of halogens is 1. The van der Waals surface area contributed by atoms with Crippen LogP contribution in [0.15, 0.2) is 30.3 Å². The van der Waals surface area contributed by atoms with Crippen LogP contribution in [0.25, 0.3) is 15.9 Å². The highest BCUT2D eigenvalue weighted by atomic mass is 35.5. The van der Waals surface area contributed by atoms with E-state index in [1.807, 2.05) is 19.1 Å². The quantitative estimate of drug-likeness (QED) is 0.577. The second-order valence-corrected chi connectivity index (χ2v) is 8.44. The van der Waals surface area contributed by atoms with Gasteiger partial charge < -0.3 is 10.1 Å². The average molecular weight is 449 g/mol. The van der Waals surface area contributed by atoms with Crippen molar-refractivity contribution in [2.24, 2.45) is 0 Å². The molecule has 3 aromatic rings. The standard InChI is InChI=1S/C20H21ClN4O4S/c1-10(2)22-20(28)23-17(26)12(4)29-19(27)16-9-15-11(3)24-25(18(15)30-16)14-7-5-6-13(21)8-14/h5-10,12H,1-4H3,(H2,22,23,26,28). The second-order valence-electron chi connectivity index (χ2n) is 6.97. The number of fused-ring (bicyclic) bond motifs is 1. The molecule has 0 radical (unpaired) electrons. The highest BCUT2D eigenvalue weighted by Gasteiger charge is 2.24. The fourth-order valence-corrected chi connectivity index (χ4v) is 3.96. The van der Waals surface area contributed by atoms with Crippen LogP contribution in [-0.2, 0) is 9.53 Å². The van der Waals surface area contributed by atoms with E-state index in [9.17, 15) is 14.4 Å². The fourth-order valence-electron chi connectivity index (χ4n) is 2.71. The van der Waals surface area contributed by atoms with Crippen molar-refractivity contribution < 1.29 is 19.1 Å². The van der Waals surface area contributed by atoms with Crippen LogP contribution < -0.4 is 10.6 Å². The molecule has 0 saturated heterocycles.